The van der Waals surface area contributed by atoms with Crippen molar-refractivity contribution in [3.05, 3.63) is 34.8 Å². The number of nitrogens with zero attached hydrogens (tertiary/aromatic N) is 2. The van der Waals surface area contributed by atoms with E-state index in [2.05, 4.69) is 15.5 Å². The lowest BCUT2D eigenvalue weighted by atomic mass is 10.2. The molecule has 0 unspecified atom stereocenters. The number of thiazole rings is 1. The van der Waals surface area contributed by atoms with Crippen molar-refractivity contribution in [3.8, 4) is 11.5 Å². The van der Waals surface area contributed by atoms with Crippen LogP contribution in [0.3, 0.4) is 0 Å². The second-order valence-corrected chi connectivity index (χ2v) is 4.24. The van der Waals surface area contributed by atoms with Crippen LogP contribution < -0.4 is 5.43 Å². The third kappa shape index (κ3) is 2.73. The molecule has 0 saturated carbocycles. The Morgan fingerprint density at radius 2 is 2.24 bits per heavy atom. The molecule has 2 rings (SSSR count). The zero-order valence-electron chi connectivity index (χ0n) is 9.08. The van der Waals surface area contributed by atoms with E-state index in [1.807, 2.05) is 12.3 Å². The van der Waals surface area contributed by atoms with E-state index in [1.54, 1.807) is 12.1 Å². The lowest BCUT2D eigenvalue weighted by Crippen LogP contribution is -1.90. The average molecular weight is 249 g/mol. The molecular formula is C11H11N3O2S. The Morgan fingerprint density at radius 1 is 1.41 bits per heavy atom. The van der Waals surface area contributed by atoms with Gasteiger partial charge < -0.3 is 10.2 Å². The number of para-hydroxylation sites is 1. The Labute approximate surface area is 102 Å². The Morgan fingerprint density at radius 3 is 2.94 bits per heavy atom. The molecule has 1 aromatic carbocycles. The summed E-state index contributed by atoms with van der Waals surface area (Å²) in [4.78, 5) is 4.16. The Balaban J connectivity index is 2.08. The van der Waals surface area contributed by atoms with Crippen LogP contribution in [-0.2, 0) is 0 Å². The molecule has 6 heteroatoms. The molecule has 0 fully saturated rings. The normalized spacial score (nSPS) is 10.9. The van der Waals surface area contributed by atoms with Crippen molar-refractivity contribution in [2.24, 2.45) is 5.10 Å². The van der Waals surface area contributed by atoms with E-state index in [0.29, 0.717) is 10.7 Å². The molecule has 0 amide bonds. The molecule has 17 heavy (non-hydrogen) atoms. The minimum absolute atomic E-state index is 0.168. The standard InChI is InChI=1S/C11H11N3O2S/c1-7-6-17-11(13-7)14-12-5-8-3-2-4-9(15)10(8)16/h2-6,15-16H,1H3,(H,13,14). The summed E-state index contributed by atoms with van der Waals surface area (Å²) in [5.41, 5.74) is 4.10. The minimum Gasteiger partial charge on any atom is -0.504 e. The molecule has 88 valence electrons. The third-order valence-electron chi connectivity index (χ3n) is 2.03. The number of hydrogen-bond donors (Lipinski definition) is 3. The van der Waals surface area contributed by atoms with Gasteiger partial charge in [0.2, 0.25) is 5.13 Å². The predicted molar refractivity (Wildman–Crippen MR) is 67.8 cm³/mol. The van der Waals surface area contributed by atoms with Crippen LogP contribution in [0.5, 0.6) is 11.5 Å². The number of hydrazone groups is 1. The zero-order chi connectivity index (χ0) is 12.3. The summed E-state index contributed by atoms with van der Waals surface area (Å²) >= 11 is 1.44. The highest BCUT2D eigenvalue weighted by Gasteiger charge is 2.02. The van der Waals surface area contributed by atoms with Crippen molar-refractivity contribution >= 4 is 22.7 Å². The van der Waals surface area contributed by atoms with E-state index in [4.69, 9.17) is 0 Å². The van der Waals surface area contributed by atoms with Crippen LogP contribution in [0.25, 0.3) is 0 Å². The van der Waals surface area contributed by atoms with Crippen molar-refractivity contribution in [1.29, 1.82) is 0 Å². The van der Waals surface area contributed by atoms with Crippen molar-refractivity contribution in [2.75, 3.05) is 5.43 Å². The van der Waals surface area contributed by atoms with Gasteiger partial charge in [0.15, 0.2) is 11.5 Å². The molecule has 0 aliphatic rings. The molecule has 0 saturated heterocycles. The number of aromatic nitrogens is 1. The number of aryl methyl sites for hydroxylation is 1. The molecule has 0 atom stereocenters. The summed E-state index contributed by atoms with van der Waals surface area (Å²) in [6.07, 6.45) is 1.42. The SMILES string of the molecule is Cc1csc(NN=Cc2cccc(O)c2O)n1. The van der Waals surface area contributed by atoms with E-state index in [9.17, 15) is 10.2 Å². The molecule has 2 aromatic rings. The Hall–Kier alpha value is -2.08. The zero-order valence-corrected chi connectivity index (χ0v) is 9.90. The van der Waals surface area contributed by atoms with Gasteiger partial charge in [-0.3, -0.25) is 5.43 Å². The number of benzene rings is 1. The topological polar surface area (TPSA) is 77.7 Å². The molecule has 0 bridgehead atoms. The molecule has 3 N–H and O–H groups in total. The van der Waals surface area contributed by atoms with E-state index >= 15 is 0 Å². The van der Waals surface area contributed by atoms with Crippen LogP contribution in [0, 0.1) is 6.92 Å². The van der Waals surface area contributed by atoms with Crippen molar-refractivity contribution in [2.45, 2.75) is 6.92 Å². The lowest BCUT2D eigenvalue weighted by molar-refractivity contribution is 0.403. The van der Waals surface area contributed by atoms with Crippen LogP contribution in [-0.4, -0.2) is 21.4 Å². The highest BCUT2D eigenvalue weighted by atomic mass is 32.1. The fourth-order valence-corrected chi connectivity index (χ4v) is 1.85. The first-order valence-electron chi connectivity index (χ1n) is 4.89. The maximum absolute atomic E-state index is 9.52. The molecule has 0 spiro atoms. The Kier molecular flexibility index (Phi) is 3.24. The van der Waals surface area contributed by atoms with E-state index in [-0.39, 0.29) is 11.5 Å². The number of anilines is 1. The molecule has 0 radical (unpaired) electrons. The minimum atomic E-state index is -0.187. The van der Waals surface area contributed by atoms with E-state index < -0.39 is 0 Å². The van der Waals surface area contributed by atoms with Gasteiger partial charge in [-0.05, 0) is 19.1 Å². The number of nitrogens with one attached hydrogen (secondary N) is 1. The molecule has 1 aromatic heterocycles. The fourth-order valence-electron chi connectivity index (χ4n) is 1.22. The van der Waals surface area contributed by atoms with Gasteiger partial charge in [0.25, 0.3) is 0 Å². The second kappa shape index (κ2) is 4.84. The van der Waals surface area contributed by atoms with Crippen LogP contribution in [0.15, 0.2) is 28.7 Å². The monoisotopic (exact) mass is 249 g/mol. The summed E-state index contributed by atoms with van der Waals surface area (Å²) in [6, 6.07) is 4.68. The summed E-state index contributed by atoms with van der Waals surface area (Å²) in [7, 11) is 0. The first kappa shape index (κ1) is 11.4. The quantitative estimate of drug-likeness (QED) is 0.443. The average Bonchev–Trinajstić information content (AvgIpc) is 2.70. The van der Waals surface area contributed by atoms with Crippen molar-refractivity contribution in [1.82, 2.24) is 4.98 Å². The summed E-state index contributed by atoms with van der Waals surface area (Å²) in [5, 5.41) is 25.3. The molecule has 5 nitrogen and oxygen atoms in total. The first-order valence-corrected chi connectivity index (χ1v) is 5.77. The molecule has 0 aliphatic heterocycles. The maximum atomic E-state index is 9.52. The highest BCUT2D eigenvalue weighted by molar-refractivity contribution is 7.13. The van der Waals surface area contributed by atoms with Gasteiger partial charge in [0.05, 0.1) is 11.9 Å². The summed E-state index contributed by atoms with van der Waals surface area (Å²) in [5.74, 6) is -0.354. The predicted octanol–water partition coefficient (Wildman–Crippen LogP) is 2.31. The van der Waals surface area contributed by atoms with Gasteiger partial charge in [-0.1, -0.05) is 6.07 Å². The maximum Gasteiger partial charge on any atom is 0.203 e. The largest absolute Gasteiger partial charge is 0.504 e. The fraction of sp³-hybridized carbons (Fsp3) is 0.0909. The second-order valence-electron chi connectivity index (χ2n) is 3.38. The van der Waals surface area contributed by atoms with Gasteiger partial charge >= 0.3 is 0 Å². The van der Waals surface area contributed by atoms with Crippen molar-refractivity contribution < 1.29 is 10.2 Å². The summed E-state index contributed by atoms with van der Waals surface area (Å²) < 4.78 is 0. The van der Waals surface area contributed by atoms with E-state index in [0.717, 1.165) is 5.69 Å². The van der Waals surface area contributed by atoms with Crippen LogP contribution in [0.2, 0.25) is 0 Å². The van der Waals surface area contributed by atoms with Crippen LogP contribution in [0.4, 0.5) is 5.13 Å². The van der Waals surface area contributed by atoms with Gasteiger partial charge in [0.1, 0.15) is 0 Å². The van der Waals surface area contributed by atoms with Gasteiger partial charge in [-0.2, -0.15) is 5.10 Å². The van der Waals surface area contributed by atoms with Crippen LogP contribution in [0.1, 0.15) is 11.3 Å². The number of rotatable bonds is 3. The van der Waals surface area contributed by atoms with Gasteiger partial charge in [0, 0.05) is 10.9 Å². The first-order chi connectivity index (χ1) is 8.16. The molecule has 1 heterocycles. The molecular weight excluding hydrogens is 238 g/mol. The number of hydrogen-bond acceptors (Lipinski definition) is 6. The van der Waals surface area contributed by atoms with Crippen LogP contribution >= 0.6 is 11.3 Å². The summed E-state index contributed by atoms with van der Waals surface area (Å²) in [6.45, 7) is 1.90. The number of phenols is 2. The molecule has 0 aliphatic carbocycles. The Bertz CT molecular complexity index is 551. The highest BCUT2D eigenvalue weighted by Crippen LogP contribution is 2.26. The smallest absolute Gasteiger partial charge is 0.203 e. The van der Waals surface area contributed by atoms with Gasteiger partial charge in [-0.25, -0.2) is 4.98 Å². The third-order valence-corrected chi connectivity index (χ3v) is 2.89. The van der Waals surface area contributed by atoms with Gasteiger partial charge in [-0.15, -0.1) is 11.3 Å². The number of phenolic OH excluding ortho intramolecular Hbond substituents is 2. The van der Waals surface area contributed by atoms with Crippen molar-refractivity contribution in [3.63, 3.8) is 0 Å². The van der Waals surface area contributed by atoms with E-state index in [1.165, 1.54) is 23.6 Å². The lowest BCUT2D eigenvalue weighted by Gasteiger charge is -2.00. The number of aromatic hydroxyl groups is 2.